The van der Waals surface area contributed by atoms with E-state index in [1.807, 2.05) is 35.2 Å². The highest BCUT2D eigenvalue weighted by Crippen LogP contribution is 2.25. The maximum absolute atomic E-state index is 14.5. The van der Waals surface area contributed by atoms with E-state index in [9.17, 15) is 22.4 Å². The molecular formula is C21H24FN3O4S. The lowest BCUT2D eigenvalue weighted by Gasteiger charge is -2.39. The van der Waals surface area contributed by atoms with Crippen LogP contribution in [0, 0.1) is 18.7 Å². The minimum absolute atomic E-state index is 0.0547. The normalized spacial score (nSPS) is 14.5. The molecule has 0 spiro atoms. The van der Waals surface area contributed by atoms with E-state index in [1.165, 1.54) is 17.9 Å². The van der Waals surface area contributed by atoms with Gasteiger partial charge in [-0.1, -0.05) is 44.2 Å². The summed E-state index contributed by atoms with van der Waals surface area (Å²) in [7, 11) is -3.90. The number of hydrogen-bond donors (Lipinski definition) is 2. The van der Waals surface area contributed by atoms with Gasteiger partial charge in [-0.15, -0.1) is 4.83 Å². The minimum atomic E-state index is -3.90. The Morgan fingerprint density at radius 1 is 1.10 bits per heavy atom. The van der Waals surface area contributed by atoms with Crippen molar-refractivity contribution in [3.63, 3.8) is 0 Å². The molecule has 0 radical (unpaired) electrons. The number of hydrogen-bond acceptors (Lipinski definition) is 4. The first-order chi connectivity index (χ1) is 14.1. The molecule has 1 heterocycles. The highest BCUT2D eigenvalue weighted by molar-refractivity contribution is 7.90. The summed E-state index contributed by atoms with van der Waals surface area (Å²) >= 11 is 0. The smallest absolute Gasteiger partial charge is 0.269 e. The molecule has 160 valence electrons. The Hall–Kier alpha value is -2.78. The summed E-state index contributed by atoms with van der Waals surface area (Å²) in [6.07, 6.45) is 0. The van der Waals surface area contributed by atoms with Gasteiger partial charge in [0.05, 0.1) is 5.56 Å². The zero-order valence-corrected chi connectivity index (χ0v) is 17.8. The zero-order valence-electron chi connectivity index (χ0n) is 17.0. The first kappa shape index (κ1) is 21.9. The number of nitrogens with one attached hydrogen (secondary N) is 2. The third-order valence-electron chi connectivity index (χ3n) is 5.01. The average molecular weight is 434 g/mol. The van der Waals surface area contributed by atoms with Crippen molar-refractivity contribution in [1.82, 2.24) is 15.2 Å². The quantitative estimate of drug-likeness (QED) is 0.683. The van der Waals surface area contributed by atoms with Crippen molar-refractivity contribution < 1.29 is 22.4 Å². The molecule has 0 aromatic heterocycles. The number of halogens is 1. The number of carbonyl (C=O) groups is 2. The summed E-state index contributed by atoms with van der Waals surface area (Å²) < 4.78 is 39.3. The molecule has 30 heavy (non-hydrogen) atoms. The Morgan fingerprint density at radius 2 is 1.73 bits per heavy atom. The number of hydrazine groups is 1. The summed E-state index contributed by atoms with van der Waals surface area (Å²) in [5, 5.41) is -0.831. The summed E-state index contributed by atoms with van der Waals surface area (Å²) in [4.78, 5) is 27.8. The number of benzene rings is 2. The van der Waals surface area contributed by atoms with E-state index in [4.69, 9.17) is 0 Å². The number of likely N-dealkylation sites (tertiary alicyclic amines) is 1. The molecule has 7 nitrogen and oxygen atoms in total. The van der Waals surface area contributed by atoms with E-state index in [0.29, 0.717) is 5.56 Å². The van der Waals surface area contributed by atoms with Crippen LogP contribution in [0.5, 0.6) is 0 Å². The molecule has 0 unspecified atom stereocenters. The van der Waals surface area contributed by atoms with Crippen molar-refractivity contribution in [2.75, 3.05) is 13.1 Å². The molecule has 2 aromatic carbocycles. The van der Waals surface area contributed by atoms with Gasteiger partial charge >= 0.3 is 0 Å². The molecule has 2 aromatic rings. The van der Waals surface area contributed by atoms with Crippen LogP contribution in [0.1, 0.15) is 29.8 Å². The highest BCUT2D eigenvalue weighted by atomic mass is 32.2. The lowest BCUT2D eigenvalue weighted by molar-refractivity contribution is -0.137. The molecule has 9 heteroatoms. The summed E-state index contributed by atoms with van der Waals surface area (Å²) in [6.45, 7) is 5.13. The van der Waals surface area contributed by atoms with Crippen LogP contribution in [-0.2, 0) is 14.8 Å². The van der Waals surface area contributed by atoms with Gasteiger partial charge in [-0.25, -0.2) is 12.8 Å². The number of rotatable bonds is 6. The molecule has 1 fully saturated rings. The average Bonchev–Trinajstić information content (AvgIpc) is 2.67. The maximum Gasteiger partial charge on any atom is 0.269 e. The van der Waals surface area contributed by atoms with Crippen molar-refractivity contribution in [3.05, 3.63) is 59.4 Å². The molecule has 0 saturated carbocycles. The van der Waals surface area contributed by atoms with Crippen LogP contribution in [-0.4, -0.2) is 43.5 Å². The monoisotopic (exact) mass is 433 g/mol. The lowest BCUT2D eigenvalue weighted by atomic mass is 9.99. The Bertz CT molecular complexity index is 1070. The van der Waals surface area contributed by atoms with Crippen LogP contribution >= 0.6 is 0 Å². The van der Waals surface area contributed by atoms with Crippen LogP contribution in [0.3, 0.4) is 0 Å². The molecule has 0 aliphatic carbocycles. The van der Waals surface area contributed by atoms with Gasteiger partial charge in [-0.05, 0) is 35.7 Å². The van der Waals surface area contributed by atoms with E-state index in [1.54, 1.807) is 19.9 Å². The van der Waals surface area contributed by atoms with Gasteiger partial charge in [0.1, 0.15) is 11.1 Å². The minimum Gasteiger partial charge on any atom is -0.340 e. The van der Waals surface area contributed by atoms with Crippen LogP contribution < -0.4 is 10.3 Å². The van der Waals surface area contributed by atoms with E-state index >= 15 is 0 Å². The third-order valence-corrected chi connectivity index (χ3v) is 6.57. The zero-order chi connectivity index (χ0) is 22.1. The van der Waals surface area contributed by atoms with Gasteiger partial charge in [-0.2, -0.15) is 0 Å². The van der Waals surface area contributed by atoms with Crippen LogP contribution in [0.4, 0.5) is 4.39 Å². The second-order valence-electron chi connectivity index (χ2n) is 7.64. The standard InChI is InChI=1S/C21H24FN3O4S/c1-13(2)21(27)25-11-17(12-25)30(28,29)24-23-20(26)18-10-16(9-14(3)19(18)22)15-7-5-4-6-8-15/h4-10,13,17,24H,11-12H2,1-3H3,(H,23,26). The third kappa shape index (κ3) is 4.52. The molecule has 0 atom stereocenters. The second kappa shape index (κ2) is 8.53. The van der Waals surface area contributed by atoms with E-state index < -0.39 is 27.0 Å². The Kier molecular flexibility index (Phi) is 6.23. The molecule has 1 saturated heterocycles. The Labute approximate surface area is 175 Å². The van der Waals surface area contributed by atoms with Gasteiger partial charge in [0.15, 0.2) is 0 Å². The Morgan fingerprint density at radius 3 is 2.33 bits per heavy atom. The number of aryl methyl sites for hydroxylation is 1. The molecular weight excluding hydrogens is 409 g/mol. The number of amides is 2. The number of sulfonamides is 1. The molecule has 3 rings (SSSR count). The summed E-state index contributed by atoms with van der Waals surface area (Å²) in [6, 6.07) is 12.2. The van der Waals surface area contributed by atoms with Gasteiger partial charge < -0.3 is 4.90 Å². The number of carbonyl (C=O) groups excluding carboxylic acids is 2. The first-order valence-corrected chi connectivity index (χ1v) is 11.1. The van der Waals surface area contributed by atoms with Crippen molar-refractivity contribution >= 4 is 21.8 Å². The fourth-order valence-electron chi connectivity index (χ4n) is 3.18. The molecule has 0 bridgehead atoms. The summed E-state index contributed by atoms with van der Waals surface area (Å²) in [5.41, 5.74) is 3.54. The van der Waals surface area contributed by atoms with E-state index in [0.717, 1.165) is 5.56 Å². The summed E-state index contributed by atoms with van der Waals surface area (Å²) in [5.74, 6) is -1.96. The number of nitrogens with zero attached hydrogens (tertiary/aromatic N) is 1. The molecule has 1 aliphatic heterocycles. The fourth-order valence-corrected chi connectivity index (χ4v) is 4.33. The van der Waals surface area contributed by atoms with Gasteiger partial charge in [0, 0.05) is 19.0 Å². The predicted octanol–water partition coefficient (Wildman–Crippen LogP) is 2.23. The lowest BCUT2D eigenvalue weighted by Crippen LogP contribution is -2.61. The second-order valence-corrected chi connectivity index (χ2v) is 9.60. The van der Waals surface area contributed by atoms with Crippen LogP contribution in [0.2, 0.25) is 0 Å². The molecule has 2 amide bonds. The molecule has 1 aliphatic rings. The fraction of sp³-hybridized carbons (Fsp3) is 0.333. The Balaban J connectivity index is 1.69. The highest BCUT2D eigenvalue weighted by Gasteiger charge is 2.40. The van der Waals surface area contributed by atoms with E-state index in [2.05, 4.69) is 5.43 Å². The van der Waals surface area contributed by atoms with Gasteiger partial charge in [-0.3, -0.25) is 15.0 Å². The van der Waals surface area contributed by atoms with Crippen molar-refractivity contribution in [2.24, 2.45) is 5.92 Å². The van der Waals surface area contributed by atoms with Crippen molar-refractivity contribution in [1.29, 1.82) is 0 Å². The molecule has 2 N–H and O–H groups in total. The first-order valence-electron chi connectivity index (χ1n) is 9.55. The van der Waals surface area contributed by atoms with E-state index in [-0.39, 0.29) is 36.0 Å². The van der Waals surface area contributed by atoms with Gasteiger partial charge in [0.2, 0.25) is 15.9 Å². The van der Waals surface area contributed by atoms with Crippen LogP contribution in [0.25, 0.3) is 11.1 Å². The van der Waals surface area contributed by atoms with Gasteiger partial charge in [0.25, 0.3) is 5.91 Å². The maximum atomic E-state index is 14.5. The topological polar surface area (TPSA) is 95.6 Å². The van der Waals surface area contributed by atoms with Crippen molar-refractivity contribution in [2.45, 2.75) is 26.0 Å². The predicted molar refractivity (Wildman–Crippen MR) is 111 cm³/mol. The SMILES string of the molecule is Cc1cc(-c2ccccc2)cc(C(=O)NNS(=O)(=O)C2CN(C(=O)C(C)C)C2)c1F. The van der Waals surface area contributed by atoms with Crippen molar-refractivity contribution in [3.8, 4) is 11.1 Å². The largest absolute Gasteiger partial charge is 0.340 e. The van der Waals surface area contributed by atoms with Crippen LogP contribution in [0.15, 0.2) is 42.5 Å².